The molecule has 5 N–H and O–H groups in total. The van der Waals surface area contributed by atoms with Gasteiger partial charge in [0.05, 0.1) is 12.6 Å². The van der Waals surface area contributed by atoms with Gasteiger partial charge in [-0.2, -0.15) is 0 Å². The van der Waals surface area contributed by atoms with E-state index in [1.54, 1.807) is 0 Å². The van der Waals surface area contributed by atoms with Gasteiger partial charge in [-0.1, -0.05) is 78.3 Å². The molecule has 0 radical (unpaired) electrons. The van der Waals surface area contributed by atoms with Crippen molar-refractivity contribution in [1.82, 2.24) is 31.5 Å². The predicted octanol–water partition coefficient (Wildman–Crippen LogP) is 2.27. The first-order valence-electron chi connectivity index (χ1n) is 16.1. The second-order valence-electron chi connectivity index (χ2n) is 15.2. The molecule has 3 rings (SSSR count). The molecular weight excluding hydrogens is 588 g/mol. The van der Waals surface area contributed by atoms with E-state index in [0.29, 0.717) is 13.0 Å². The van der Waals surface area contributed by atoms with Crippen LogP contribution in [0.4, 0.5) is 4.79 Å². The Kier molecular flexibility index (Phi) is 11.3. The monoisotopic (exact) mass is 640 g/mol. The minimum atomic E-state index is -1.13. The van der Waals surface area contributed by atoms with Crippen LogP contribution in [0.15, 0.2) is 30.3 Å². The second kappa shape index (κ2) is 14.2. The molecule has 1 aromatic carbocycles. The van der Waals surface area contributed by atoms with E-state index in [-0.39, 0.29) is 36.1 Å². The summed E-state index contributed by atoms with van der Waals surface area (Å²) < 4.78 is 0. The molecule has 0 spiro atoms. The number of fused-ring (bicyclic) bond motifs is 1. The summed E-state index contributed by atoms with van der Waals surface area (Å²) in [5.41, 5.74) is -0.484. The molecule has 1 saturated heterocycles. The molecule has 1 saturated carbocycles. The lowest BCUT2D eigenvalue weighted by molar-refractivity contribution is -0.145. The third kappa shape index (κ3) is 9.07. The van der Waals surface area contributed by atoms with E-state index >= 15 is 0 Å². The fourth-order valence-electron chi connectivity index (χ4n) is 6.22. The van der Waals surface area contributed by atoms with Gasteiger partial charge in [-0.25, -0.2) is 4.79 Å². The fraction of sp³-hybridized carbons (Fsp3) is 0.647. The first kappa shape index (κ1) is 36.5. The number of nitrogens with one attached hydrogen (secondary N) is 5. The van der Waals surface area contributed by atoms with Gasteiger partial charge in [-0.05, 0) is 55.4 Å². The minimum absolute atomic E-state index is 0.0780. The summed E-state index contributed by atoms with van der Waals surface area (Å²) in [5.74, 6) is -3.24. The van der Waals surface area contributed by atoms with Crippen LogP contribution in [0.25, 0.3) is 0 Å². The lowest BCUT2D eigenvalue weighted by atomic mass is 9.85. The smallest absolute Gasteiger partial charge is 0.315 e. The Labute approximate surface area is 272 Å². The molecule has 0 aromatic heterocycles. The zero-order valence-corrected chi connectivity index (χ0v) is 28.7. The summed E-state index contributed by atoms with van der Waals surface area (Å²) in [6, 6.07) is 5.87. The number of likely N-dealkylation sites (tertiary alicyclic amines) is 1. The molecule has 12 heteroatoms. The molecule has 2 aliphatic rings. The van der Waals surface area contributed by atoms with Gasteiger partial charge in [0, 0.05) is 18.6 Å². The Bertz CT molecular complexity index is 1320. The highest BCUT2D eigenvalue weighted by Crippen LogP contribution is 2.65. The first-order chi connectivity index (χ1) is 21.3. The molecule has 5 atom stereocenters. The molecule has 1 aliphatic heterocycles. The van der Waals surface area contributed by atoms with E-state index < -0.39 is 65.2 Å². The maximum absolute atomic E-state index is 14.1. The Morgan fingerprint density at radius 3 is 2.13 bits per heavy atom. The van der Waals surface area contributed by atoms with Gasteiger partial charge in [0.1, 0.15) is 12.1 Å². The molecule has 1 aliphatic carbocycles. The van der Waals surface area contributed by atoms with Crippen molar-refractivity contribution in [3.05, 3.63) is 35.9 Å². The third-order valence-corrected chi connectivity index (χ3v) is 8.81. The van der Waals surface area contributed by atoms with Crippen LogP contribution in [-0.4, -0.2) is 77.1 Å². The Balaban J connectivity index is 1.70. The average molecular weight is 641 g/mol. The summed E-state index contributed by atoms with van der Waals surface area (Å²) in [6.07, 6.45) is 0.709. The highest BCUT2D eigenvalue weighted by atomic mass is 16.2. The number of urea groups is 1. The van der Waals surface area contributed by atoms with Gasteiger partial charge >= 0.3 is 6.03 Å². The van der Waals surface area contributed by atoms with Crippen molar-refractivity contribution in [2.75, 3.05) is 13.1 Å². The van der Waals surface area contributed by atoms with Gasteiger partial charge in [0.15, 0.2) is 0 Å². The van der Waals surface area contributed by atoms with E-state index in [1.807, 2.05) is 92.6 Å². The molecule has 46 heavy (non-hydrogen) atoms. The topological polar surface area (TPSA) is 166 Å². The Hall–Kier alpha value is -3.96. The van der Waals surface area contributed by atoms with Crippen molar-refractivity contribution in [3.63, 3.8) is 0 Å². The number of carbonyl (C=O) groups is 6. The molecule has 2 fully saturated rings. The molecule has 0 bridgehead atoms. The van der Waals surface area contributed by atoms with Gasteiger partial charge in [0.25, 0.3) is 5.91 Å². The molecule has 3 unspecified atom stereocenters. The number of piperidine rings is 1. The van der Waals surface area contributed by atoms with Crippen LogP contribution in [-0.2, 0) is 30.5 Å². The highest BCUT2D eigenvalue weighted by Gasteiger charge is 2.69. The molecule has 1 heterocycles. The number of hydrogen-bond donors (Lipinski definition) is 5. The Morgan fingerprint density at radius 1 is 0.935 bits per heavy atom. The van der Waals surface area contributed by atoms with E-state index in [0.717, 1.165) is 5.56 Å². The number of benzene rings is 1. The maximum Gasteiger partial charge on any atom is 0.315 e. The van der Waals surface area contributed by atoms with Crippen molar-refractivity contribution in [2.45, 2.75) is 105 Å². The van der Waals surface area contributed by atoms with Gasteiger partial charge < -0.3 is 31.5 Å². The number of carbonyl (C=O) groups excluding carboxylic acids is 6. The van der Waals surface area contributed by atoms with Crippen LogP contribution in [0.3, 0.4) is 0 Å². The minimum Gasteiger partial charge on any atom is -0.350 e. The summed E-state index contributed by atoms with van der Waals surface area (Å²) >= 11 is 0. The number of nitrogens with zero attached hydrogens (tertiary/aromatic N) is 1. The van der Waals surface area contributed by atoms with E-state index in [1.165, 1.54) is 4.90 Å². The SMILES string of the molecule is CCCC(NC(=O)[C@@H]1C2C(CN1C(=O)[C@@H](NC(=O)NC(C)(C)C)C(C)(C)C)C2(C)C)C(=O)C(=O)NCC(=O)NCc1ccccc1. The van der Waals surface area contributed by atoms with Gasteiger partial charge in [-0.3, -0.25) is 24.0 Å². The Morgan fingerprint density at radius 2 is 1.57 bits per heavy atom. The lowest BCUT2D eigenvalue weighted by Gasteiger charge is -2.38. The van der Waals surface area contributed by atoms with Crippen molar-refractivity contribution in [2.24, 2.45) is 22.7 Å². The van der Waals surface area contributed by atoms with Crippen LogP contribution in [0.5, 0.6) is 0 Å². The van der Waals surface area contributed by atoms with Crippen molar-refractivity contribution in [3.8, 4) is 0 Å². The van der Waals surface area contributed by atoms with E-state index in [9.17, 15) is 28.8 Å². The van der Waals surface area contributed by atoms with Crippen LogP contribution >= 0.6 is 0 Å². The zero-order valence-electron chi connectivity index (χ0n) is 28.7. The van der Waals surface area contributed by atoms with Crippen LogP contribution in [0, 0.1) is 22.7 Å². The van der Waals surface area contributed by atoms with Crippen LogP contribution in [0.2, 0.25) is 0 Å². The molecule has 12 nitrogen and oxygen atoms in total. The summed E-state index contributed by atoms with van der Waals surface area (Å²) in [5, 5.41) is 13.5. The van der Waals surface area contributed by atoms with Gasteiger partial charge in [-0.15, -0.1) is 0 Å². The standard InChI is InChI=1S/C34H52N6O6/c1-10-14-22(26(42)29(44)36-18-23(41)35-17-20-15-12-11-13-16-20)37-28(43)25-24-21(34(24,8)9)19-40(25)30(45)27(32(2,3)4)38-31(46)39-33(5,6)7/h11-13,15-16,21-22,24-25,27H,10,14,17-19H2,1-9H3,(H,35,41)(H,36,44)(H,37,43)(H2,38,39,46)/t21?,22?,24?,25-,27+/m0/s1. The highest BCUT2D eigenvalue weighted by molar-refractivity contribution is 6.38. The molecular formula is C34H52N6O6. The summed E-state index contributed by atoms with van der Waals surface area (Å²) in [4.78, 5) is 80.6. The third-order valence-electron chi connectivity index (χ3n) is 8.81. The maximum atomic E-state index is 14.1. The summed E-state index contributed by atoms with van der Waals surface area (Å²) in [7, 11) is 0. The van der Waals surface area contributed by atoms with Crippen molar-refractivity contribution < 1.29 is 28.8 Å². The number of amides is 6. The van der Waals surface area contributed by atoms with Gasteiger partial charge in [0.2, 0.25) is 23.5 Å². The second-order valence-corrected chi connectivity index (χ2v) is 15.2. The van der Waals surface area contributed by atoms with Crippen molar-refractivity contribution >= 4 is 35.4 Å². The van der Waals surface area contributed by atoms with Crippen LogP contribution in [0.1, 0.15) is 80.7 Å². The number of hydrogen-bond acceptors (Lipinski definition) is 6. The number of Topliss-reactive ketones (excluding diaryl/α,β-unsaturated/α-hetero) is 1. The van der Waals surface area contributed by atoms with E-state index in [4.69, 9.17) is 0 Å². The average Bonchev–Trinajstić information content (AvgIpc) is 3.27. The zero-order chi connectivity index (χ0) is 34.6. The number of ketones is 1. The van der Waals surface area contributed by atoms with E-state index in [2.05, 4.69) is 26.6 Å². The van der Waals surface area contributed by atoms with Crippen molar-refractivity contribution in [1.29, 1.82) is 0 Å². The molecule has 1 aromatic rings. The summed E-state index contributed by atoms with van der Waals surface area (Å²) in [6.45, 7) is 17.2. The predicted molar refractivity (Wildman–Crippen MR) is 174 cm³/mol. The quantitative estimate of drug-likeness (QED) is 0.220. The molecule has 6 amide bonds. The first-order valence-corrected chi connectivity index (χ1v) is 16.1. The molecule has 254 valence electrons. The lowest BCUT2D eigenvalue weighted by Crippen LogP contribution is -2.62. The fourth-order valence-corrected chi connectivity index (χ4v) is 6.22. The number of rotatable bonds is 12. The normalized spacial score (nSPS) is 21.2. The van der Waals surface area contributed by atoms with Crippen LogP contribution < -0.4 is 26.6 Å². The largest absolute Gasteiger partial charge is 0.350 e.